The third kappa shape index (κ3) is 2.56. The number of thiol groups is 1. The van der Waals surface area contributed by atoms with Gasteiger partial charge in [0.25, 0.3) is 0 Å². The maximum atomic E-state index is 12.9. The van der Waals surface area contributed by atoms with E-state index < -0.39 is 0 Å². The monoisotopic (exact) mass is 287 g/mol. The first kappa shape index (κ1) is 13.2. The molecular weight excluding hydrogens is 273 g/mol. The normalized spacial score (nSPS) is 18.6. The van der Waals surface area contributed by atoms with Crippen LogP contribution >= 0.6 is 12.6 Å². The number of benzene rings is 2. The summed E-state index contributed by atoms with van der Waals surface area (Å²) >= 11 is 4.35. The van der Waals surface area contributed by atoms with Crippen molar-refractivity contribution >= 4 is 24.2 Å². The smallest absolute Gasteiger partial charge is 0.228 e. The SMILES string of the molecule is O=C1CC(S)CN1c1ccc(-c2ccc(F)cc2)cc1. The first-order chi connectivity index (χ1) is 9.63. The summed E-state index contributed by atoms with van der Waals surface area (Å²) < 4.78 is 12.9. The second-order valence-electron chi connectivity index (χ2n) is 4.92. The zero-order valence-electron chi connectivity index (χ0n) is 10.8. The molecule has 1 unspecified atom stereocenters. The van der Waals surface area contributed by atoms with Crippen molar-refractivity contribution in [1.29, 1.82) is 0 Å². The van der Waals surface area contributed by atoms with E-state index in [0.717, 1.165) is 16.8 Å². The van der Waals surface area contributed by atoms with Crippen LogP contribution in [0.4, 0.5) is 10.1 Å². The van der Waals surface area contributed by atoms with Crippen molar-refractivity contribution in [2.45, 2.75) is 11.7 Å². The molecule has 1 aliphatic rings. The fourth-order valence-electron chi connectivity index (χ4n) is 2.41. The van der Waals surface area contributed by atoms with E-state index in [1.54, 1.807) is 17.0 Å². The molecule has 0 saturated carbocycles. The van der Waals surface area contributed by atoms with Crippen molar-refractivity contribution in [2.75, 3.05) is 11.4 Å². The topological polar surface area (TPSA) is 20.3 Å². The molecule has 1 atom stereocenters. The van der Waals surface area contributed by atoms with E-state index in [2.05, 4.69) is 12.6 Å². The molecule has 1 fully saturated rings. The van der Waals surface area contributed by atoms with Crippen molar-refractivity contribution in [2.24, 2.45) is 0 Å². The number of hydrogen-bond acceptors (Lipinski definition) is 2. The molecule has 0 radical (unpaired) electrons. The van der Waals surface area contributed by atoms with Gasteiger partial charge >= 0.3 is 0 Å². The van der Waals surface area contributed by atoms with Gasteiger partial charge in [-0.2, -0.15) is 12.6 Å². The van der Waals surface area contributed by atoms with E-state index in [0.29, 0.717) is 13.0 Å². The number of anilines is 1. The largest absolute Gasteiger partial charge is 0.311 e. The van der Waals surface area contributed by atoms with E-state index in [9.17, 15) is 9.18 Å². The standard InChI is InChI=1S/C16H14FNOS/c17-13-5-1-11(2-6-13)12-3-7-14(8-4-12)18-10-15(20)9-16(18)19/h1-8,15,20H,9-10H2. The van der Waals surface area contributed by atoms with Crippen LogP contribution in [0.3, 0.4) is 0 Å². The molecule has 1 heterocycles. The molecule has 1 aliphatic heterocycles. The molecule has 0 spiro atoms. The van der Waals surface area contributed by atoms with Crippen molar-refractivity contribution in [3.63, 3.8) is 0 Å². The van der Waals surface area contributed by atoms with Crippen LogP contribution in [-0.2, 0) is 4.79 Å². The summed E-state index contributed by atoms with van der Waals surface area (Å²) in [5.74, 6) is -0.132. The fourth-order valence-corrected chi connectivity index (χ4v) is 2.73. The first-order valence-corrected chi connectivity index (χ1v) is 6.99. The maximum absolute atomic E-state index is 12.9. The number of halogens is 1. The average Bonchev–Trinajstić information content (AvgIpc) is 2.79. The Morgan fingerprint density at radius 3 is 2.05 bits per heavy atom. The average molecular weight is 287 g/mol. The number of rotatable bonds is 2. The second kappa shape index (κ2) is 5.29. The van der Waals surface area contributed by atoms with Gasteiger partial charge in [-0.25, -0.2) is 4.39 Å². The summed E-state index contributed by atoms with van der Waals surface area (Å²) in [6.07, 6.45) is 0.489. The van der Waals surface area contributed by atoms with Gasteiger partial charge < -0.3 is 4.90 Å². The highest BCUT2D eigenvalue weighted by molar-refractivity contribution is 7.81. The van der Waals surface area contributed by atoms with Gasteiger partial charge in [0.05, 0.1) is 0 Å². The predicted octanol–water partition coefficient (Wildman–Crippen LogP) is 3.53. The molecule has 1 amide bonds. The Kier molecular flexibility index (Phi) is 3.49. The van der Waals surface area contributed by atoms with Gasteiger partial charge in [-0.15, -0.1) is 0 Å². The van der Waals surface area contributed by atoms with Crippen molar-refractivity contribution in [3.05, 3.63) is 54.3 Å². The lowest BCUT2D eigenvalue weighted by atomic mass is 10.1. The highest BCUT2D eigenvalue weighted by atomic mass is 32.1. The Morgan fingerprint density at radius 1 is 1.00 bits per heavy atom. The molecule has 4 heteroatoms. The van der Waals surface area contributed by atoms with E-state index in [-0.39, 0.29) is 17.0 Å². The van der Waals surface area contributed by atoms with Crippen LogP contribution in [-0.4, -0.2) is 17.7 Å². The Bertz CT molecular complexity index is 624. The molecule has 2 aromatic rings. The zero-order chi connectivity index (χ0) is 14.1. The lowest BCUT2D eigenvalue weighted by molar-refractivity contribution is -0.117. The number of hydrogen-bond donors (Lipinski definition) is 1. The first-order valence-electron chi connectivity index (χ1n) is 6.48. The molecule has 20 heavy (non-hydrogen) atoms. The summed E-state index contributed by atoms with van der Waals surface area (Å²) in [7, 11) is 0. The van der Waals surface area contributed by atoms with Crippen LogP contribution in [0.1, 0.15) is 6.42 Å². The van der Waals surface area contributed by atoms with Gasteiger partial charge in [0.1, 0.15) is 5.82 Å². The van der Waals surface area contributed by atoms with Crippen LogP contribution < -0.4 is 4.90 Å². The van der Waals surface area contributed by atoms with Gasteiger partial charge in [0, 0.05) is 23.9 Å². The maximum Gasteiger partial charge on any atom is 0.228 e. The van der Waals surface area contributed by atoms with Crippen molar-refractivity contribution < 1.29 is 9.18 Å². The molecule has 3 rings (SSSR count). The second-order valence-corrected chi connectivity index (χ2v) is 5.65. The van der Waals surface area contributed by atoms with Gasteiger partial charge in [-0.05, 0) is 35.4 Å². The molecule has 0 aromatic heterocycles. The quantitative estimate of drug-likeness (QED) is 0.838. The Morgan fingerprint density at radius 2 is 1.55 bits per heavy atom. The summed E-state index contributed by atoms with van der Waals surface area (Å²) in [5.41, 5.74) is 2.85. The minimum atomic E-state index is -0.243. The third-order valence-electron chi connectivity index (χ3n) is 3.46. The number of carbonyl (C=O) groups is 1. The minimum Gasteiger partial charge on any atom is -0.311 e. The van der Waals surface area contributed by atoms with E-state index >= 15 is 0 Å². The number of nitrogens with zero attached hydrogens (tertiary/aromatic N) is 1. The van der Waals surface area contributed by atoms with E-state index in [4.69, 9.17) is 0 Å². The number of carbonyl (C=O) groups excluding carboxylic acids is 1. The van der Waals surface area contributed by atoms with Crippen molar-refractivity contribution in [1.82, 2.24) is 0 Å². The molecule has 0 bridgehead atoms. The summed E-state index contributed by atoms with van der Waals surface area (Å²) in [6.45, 7) is 0.651. The molecule has 2 nitrogen and oxygen atoms in total. The molecule has 2 aromatic carbocycles. The highest BCUT2D eigenvalue weighted by Gasteiger charge is 2.28. The van der Waals surface area contributed by atoms with Gasteiger partial charge in [-0.1, -0.05) is 24.3 Å². The molecule has 1 saturated heterocycles. The Labute approximate surface area is 122 Å². The molecule has 0 aliphatic carbocycles. The number of amides is 1. The van der Waals surface area contributed by atoms with Crippen LogP contribution in [0.25, 0.3) is 11.1 Å². The Balaban J connectivity index is 1.84. The van der Waals surface area contributed by atoms with E-state index in [1.807, 2.05) is 24.3 Å². The highest BCUT2D eigenvalue weighted by Crippen LogP contribution is 2.27. The van der Waals surface area contributed by atoms with Gasteiger partial charge in [0.2, 0.25) is 5.91 Å². The van der Waals surface area contributed by atoms with Crippen LogP contribution in [0.15, 0.2) is 48.5 Å². The van der Waals surface area contributed by atoms with Crippen LogP contribution in [0.2, 0.25) is 0 Å². The zero-order valence-corrected chi connectivity index (χ0v) is 11.7. The van der Waals surface area contributed by atoms with Crippen LogP contribution in [0.5, 0.6) is 0 Å². The minimum absolute atomic E-state index is 0.110. The molecule has 0 N–H and O–H groups in total. The predicted molar refractivity (Wildman–Crippen MR) is 81.6 cm³/mol. The summed E-state index contributed by atoms with van der Waals surface area (Å²) in [5, 5.41) is 0.110. The van der Waals surface area contributed by atoms with E-state index in [1.165, 1.54) is 12.1 Å². The van der Waals surface area contributed by atoms with Gasteiger partial charge in [0.15, 0.2) is 0 Å². The summed E-state index contributed by atoms with van der Waals surface area (Å²) in [4.78, 5) is 13.6. The van der Waals surface area contributed by atoms with Gasteiger partial charge in [-0.3, -0.25) is 4.79 Å². The van der Waals surface area contributed by atoms with Crippen molar-refractivity contribution in [3.8, 4) is 11.1 Å². The third-order valence-corrected chi connectivity index (χ3v) is 3.81. The fraction of sp³-hybridized carbons (Fsp3) is 0.188. The summed E-state index contributed by atoms with van der Waals surface area (Å²) in [6, 6.07) is 14.1. The van der Waals surface area contributed by atoms with Crippen LogP contribution in [0, 0.1) is 5.82 Å². The molecule has 102 valence electrons. The molecular formula is C16H14FNOS. The lowest BCUT2D eigenvalue weighted by Crippen LogP contribution is -2.24. The lowest BCUT2D eigenvalue weighted by Gasteiger charge is -2.16. The Hall–Kier alpha value is -1.81.